The molecule has 0 spiro atoms. The summed E-state index contributed by atoms with van der Waals surface area (Å²) in [5.41, 5.74) is 3.16. The van der Waals surface area contributed by atoms with Gasteiger partial charge in [-0.2, -0.15) is 5.10 Å². The van der Waals surface area contributed by atoms with Crippen molar-refractivity contribution in [1.29, 1.82) is 0 Å². The quantitative estimate of drug-likeness (QED) is 0.523. The number of carbonyl (C=O) groups is 1. The third kappa shape index (κ3) is 3.96. The molecule has 0 saturated heterocycles. The first-order chi connectivity index (χ1) is 10.1. The highest BCUT2D eigenvalue weighted by Crippen LogP contribution is 2.14. The average Bonchev–Trinajstić information content (AvgIpc) is 2.49. The Bertz CT molecular complexity index is 716. The molecule has 0 fully saturated rings. The van der Waals surface area contributed by atoms with E-state index in [2.05, 4.69) is 26.5 Å². The summed E-state index contributed by atoms with van der Waals surface area (Å²) < 4.78 is 0.846. The lowest BCUT2D eigenvalue weighted by molar-refractivity contribution is -0.384. The highest BCUT2D eigenvalue weighted by molar-refractivity contribution is 9.10. The van der Waals surface area contributed by atoms with Crippen LogP contribution in [-0.2, 0) is 0 Å². The van der Waals surface area contributed by atoms with Crippen LogP contribution < -0.4 is 5.43 Å². The number of halogens is 1. The van der Waals surface area contributed by atoms with Crippen molar-refractivity contribution < 1.29 is 9.72 Å². The van der Waals surface area contributed by atoms with Gasteiger partial charge in [-0.1, -0.05) is 40.2 Å². The SMILES string of the molecule is O=C(NN=Cc1ccccc1Br)c1cccc([N+](=O)[O-])c1. The molecule has 0 aromatic heterocycles. The van der Waals surface area contributed by atoms with Crippen LogP contribution in [0.1, 0.15) is 15.9 Å². The zero-order valence-corrected chi connectivity index (χ0v) is 12.3. The van der Waals surface area contributed by atoms with Crippen molar-refractivity contribution in [3.8, 4) is 0 Å². The Kier molecular flexibility index (Phi) is 4.78. The largest absolute Gasteiger partial charge is 0.271 e. The molecule has 0 heterocycles. The number of amides is 1. The third-order valence-corrected chi connectivity index (χ3v) is 3.32. The molecule has 0 aliphatic heterocycles. The number of hydrogen-bond acceptors (Lipinski definition) is 4. The summed E-state index contributed by atoms with van der Waals surface area (Å²) in [7, 11) is 0. The summed E-state index contributed by atoms with van der Waals surface area (Å²) in [6.07, 6.45) is 1.49. The average molecular weight is 348 g/mol. The molecule has 0 bridgehead atoms. The molecule has 0 aliphatic carbocycles. The number of hydrogen-bond donors (Lipinski definition) is 1. The highest BCUT2D eigenvalue weighted by Gasteiger charge is 2.10. The Hall–Kier alpha value is -2.54. The van der Waals surface area contributed by atoms with Gasteiger partial charge in [-0.05, 0) is 12.1 Å². The fourth-order valence-corrected chi connectivity index (χ4v) is 1.95. The predicted octanol–water partition coefficient (Wildman–Crippen LogP) is 3.12. The summed E-state index contributed by atoms with van der Waals surface area (Å²) >= 11 is 3.35. The predicted molar refractivity (Wildman–Crippen MR) is 82.3 cm³/mol. The molecule has 0 radical (unpaired) electrons. The van der Waals surface area contributed by atoms with Gasteiger partial charge in [0.05, 0.1) is 11.1 Å². The minimum absolute atomic E-state index is 0.141. The number of nitrogens with zero attached hydrogens (tertiary/aromatic N) is 2. The van der Waals surface area contributed by atoms with E-state index in [0.29, 0.717) is 0 Å². The molecule has 6 nitrogen and oxygen atoms in total. The lowest BCUT2D eigenvalue weighted by Gasteiger charge is -2.00. The van der Waals surface area contributed by atoms with Gasteiger partial charge in [-0.15, -0.1) is 0 Å². The first-order valence-corrected chi connectivity index (χ1v) is 6.69. The van der Waals surface area contributed by atoms with E-state index in [4.69, 9.17) is 0 Å². The molecule has 2 aromatic rings. The molecule has 1 amide bonds. The van der Waals surface area contributed by atoms with Crippen LogP contribution >= 0.6 is 15.9 Å². The minimum atomic E-state index is -0.554. The first kappa shape index (κ1) is 14.9. The molecule has 0 atom stereocenters. The zero-order valence-electron chi connectivity index (χ0n) is 10.7. The van der Waals surface area contributed by atoms with Gasteiger partial charge in [0.15, 0.2) is 0 Å². The van der Waals surface area contributed by atoms with Gasteiger partial charge in [-0.25, -0.2) is 5.43 Å². The fourth-order valence-electron chi connectivity index (χ4n) is 1.57. The molecular weight excluding hydrogens is 338 g/mol. The van der Waals surface area contributed by atoms with Crippen LogP contribution in [0.15, 0.2) is 58.1 Å². The molecule has 2 aromatic carbocycles. The summed E-state index contributed by atoms with van der Waals surface area (Å²) in [5, 5.41) is 14.5. The summed E-state index contributed by atoms with van der Waals surface area (Å²) in [4.78, 5) is 21.9. The number of benzene rings is 2. The zero-order chi connectivity index (χ0) is 15.2. The van der Waals surface area contributed by atoms with E-state index < -0.39 is 10.8 Å². The maximum absolute atomic E-state index is 11.8. The van der Waals surface area contributed by atoms with Crippen molar-refractivity contribution >= 4 is 33.7 Å². The van der Waals surface area contributed by atoms with Crippen LogP contribution in [0.25, 0.3) is 0 Å². The van der Waals surface area contributed by atoms with E-state index in [9.17, 15) is 14.9 Å². The molecule has 1 N–H and O–H groups in total. The van der Waals surface area contributed by atoms with Gasteiger partial charge in [0.2, 0.25) is 0 Å². The van der Waals surface area contributed by atoms with Gasteiger partial charge in [0, 0.05) is 27.7 Å². The molecular formula is C14H10BrN3O3. The van der Waals surface area contributed by atoms with E-state index in [-0.39, 0.29) is 11.3 Å². The van der Waals surface area contributed by atoms with Gasteiger partial charge in [0.25, 0.3) is 11.6 Å². The third-order valence-electron chi connectivity index (χ3n) is 2.59. The molecule has 7 heteroatoms. The Morgan fingerprint density at radius 2 is 2.00 bits per heavy atom. The summed E-state index contributed by atoms with van der Waals surface area (Å²) in [5.74, 6) is -0.512. The van der Waals surface area contributed by atoms with Crippen molar-refractivity contribution in [2.45, 2.75) is 0 Å². The van der Waals surface area contributed by atoms with Crippen molar-refractivity contribution in [3.63, 3.8) is 0 Å². The van der Waals surface area contributed by atoms with Crippen LogP contribution in [0, 0.1) is 10.1 Å². The summed E-state index contributed by atoms with van der Waals surface area (Å²) in [6.45, 7) is 0. The van der Waals surface area contributed by atoms with Crippen molar-refractivity contribution in [2.24, 2.45) is 5.10 Å². The minimum Gasteiger partial charge on any atom is -0.267 e. The summed E-state index contributed by atoms with van der Waals surface area (Å²) in [6, 6.07) is 12.8. The number of rotatable bonds is 4. The van der Waals surface area contributed by atoms with Gasteiger partial charge in [0.1, 0.15) is 0 Å². The molecule has 21 heavy (non-hydrogen) atoms. The molecule has 2 rings (SSSR count). The molecule has 0 saturated carbocycles. The standard InChI is InChI=1S/C14H10BrN3O3/c15-13-7-2-1-4-11(13)9-16-17-14(19)10-5-3-6-12(8-10)18(20)21/h1-9H,(H,17,19). The Balaban J connectivity index is 2.07. The number of hydrazone groups is 1. The maximum atomic E-state index is 11.8. The van der Waals surface area contributed by atoms with Gasteiger partial charge >= 0.3 is 0 Å². The van der Waals surface area contributed by atoms with Crippen molar-refractivity contribution in [3.05, 3.63) is 74.2 Å². The first-order valence-electron chi connectivity index (χ1n) is 5.90. The van der Waals surface area contributed by atoms with Gasteiger partial charge in [-0.3, -0.25) is 14.9 Å². The Labute approximate surface area is 128 Å². The second-order valence-electron chi connectivity index (χ2n) is 4.03. The monoisotopic (exact) mass is 347 g/mol. The normalized spacial score (nSPS) is 10.5. The van der Waals surface area contributed by atoms with E-state index in [1.54, 1.807) is 0 Å². The van der Waals surface area contributed by atoms with Crippen LogP contribution in [0.5, 0.6) is 0 Å². The molecule has 0 unspecified atom stereocenters. The fraction of sp³-hybridized carbons (Fsp3) is 0. The number of nitro benzene ring substituents is 1. The van der Waals surface area contributed by atoms with E-state index in [0.717, 1.165) is 10.0 Å². The Morgan fingerprint density at radius 3 is 2.71 bits per heavy atom. The number of nitrogens with one attached hydrogen (secondary N) is 1. The number of nitro groups is 1. The van der Waals surface area contributed by atoms with Crippen molar-refractivity contribution in [2.75, 3.05) is 0 Å². The Morgan fingerprint density at radius 1 is 1.24 bits per heavy atom. The molecule has 106 valence electrons. The van der Waals surface area contributed by atoms with Crippen LogP contribution in [0.3, 0.4) is 0 Å². The lowest BCUT2D eigenvalue weighted by atomic mass is 10.2. The number of carbonyl (C=O) groups excluding carboxylic acids is 1. The smallest absolute Gasteiger partial charge is 0.267 e. The van der Waals surface area contributed by atoms with Crippen LogP contribution in [0.4, 0.5) is 5.69 Å². The van der Waals surface area contributed by atoms with Gasteiger partial charge < -0.3 is 0 Å². The molecule has 0 aliphatic rings. The van der Waals surface area contributed by atoms with E-state index in [1.165, 1.54) is 30.5 Å². The number of non-ortho nitro benzene ring substituents is 1. The van der Waals surface area contributed by atoms with Crippen molar-refractivity contribution in [1.82, 2.24) is 5.43 Å². The second kappa shape index (κ2) is 6.76. The second-order valence-corrected chi connectivity index (χ2v) is 4.88. The van der Waals surface area contributed by atoms with E-state index >= 15 is 0 Å². The maximum Gasteiger partial charge on any atom is 0.271 e. The lowest BCUT2D eigenvalue weighted by Crippen LogP contribution is -2.17. The topological polar surface area (TPSA) is 84.6 Å². The van der Waals surface area contributed by atoms with Crippen LogP contribution in [-0.4, -0.2) is 17.0 Å². The highest BCUT2D eigenvalue weighted by atomic mass is 79.9. The van der Waals surface area contributed by atoms with E-state index in [1.807, 2.05) is 24.3 Å². The van der Waals surface area contributed by atoms with Crippen LogP contribution in [0.2, 0.25) is 0 Å².